The second-order valence-electron chi connectivity index (χ2n) is 2.95. The van der Waals surface area contributed by atoms with Crippen molar-refractivity contribution in [1.29, 1.82) is 5.26 Å². The number of nitriles is 1. The van der Waals surface area contributed by atoms with Gasteiger partial charge in [0, 0.05) is 19.1 Å². The van der Waals surface area contributed by atoms with Gasteiger partial charge in [-0.2, -0.15) is 9.83 Å². The third-order valence-electron chi connectivity index (χ3n) is 2.01. The average molecular weight is 191 g/mol. The highest BCUT2D eigenvalue weighted by atomic mass is 16.4. The molecule has 0 aliphatic carbocycles. The Balaban J connectivity index is 3.07. The molecule has 0 saturated carbocycles. The van der Waals surface area contributed by atoms with Gasteiger partial charge in [-0.15, -0.1) is 0 Å². The first kappa shape index (κ1) is 10.2. The van der Waals surface area contributed by atoms with E-state index in [0.29, 0.717) is 5.69 Å². The zero-order chi connectivity index (χ0) is 10.6. The molecule has 14 heavy (non-hydrogen) atoms. The predicted octanol–water partition coefficient (Wildman–Crippen LogP) is 0.686. The van der Waals surface area contributed by atoms with Crippen molar-refractivity contribution < 1.29 is 14.5 Å². The van der Waals surface area contributed by atoms with Crippen LogP contribution >= 0.6 is 0 Å². The molecular weight excluding hydrogens is 180 g/mol. The molecule has 0 spiro atoms. The van der Waals surface area contributed by atoms with E-state index in [1.54, 1.807) is 35.9 Å². The third kappa shape index (κ3) is 2.07. The van der Waals surface area contributed by atoms with E-state index in [9.17, 15) is 4.79 Å². The van der Waals surface area contributed by atoms with Gasteiger partial charge in [0.1, 0.15) is 6.42 Å². The molecule has 0 aromatic carbocycles. The van der Waals surface area contributed by atoms with E-state index < -0.39 is 12.0 Å². The van der Waals surface area contributed by atoms with E-state index in [1.165, 1.54) is 0 Å². The Kier molecular flexibility index (Phi) is 3.19. The van der Waals surface area contributed by atoms with Crippen molar-refractivity contribution >= 4 is 5.97 Å². The molecule has 4 heteroatoms. The van der Waals surface area contributed by atoms with Gasteiger partial charge in [-0.25, -0.2) is 4.79 Å². The minimum atomic E-state index is -0.902. The van der Waals surface area contributed by atoms with Crippen LogP contribution in [-0.2, 0) is 11.2 Å². The largest absolute Gasteiger partial charge is 0.476 e. The lowest BCUT2D eigenvalue weighted by Gasteiger charge is -2.04. The molecule has 0 aliphatic rings. The van der Waals surface area contributed by atoms with Crippen LogP contribution in [0.5, 0.6) is 0 Å². The van der Waals surface area contributed by atoms with E-state index in [-0.39, 0.29) is 6.42 Å². The zero-order valence-electron chi connectivity index (χ0n) is 7.84. The number of hydrogen-bond donors (Lipinski definition) is 1. The van der Waals surface area contributed by atoms with Gasteiger partial charge in [0.2, 0.25) is 0 Å². The molecule has 1 atom stereocenters. The molecule has 1 aromatic heterocycles. The van der Waals surface area contributed by atoms with Gasteiger partial charge in [-0.1, -0.05) is 6.07 Å². The Hall–Kier alpha value is -1.89. The lowest BCUT2D eigenvalue weighted by atomic mass is 10.2. The van der Waals surface area contributed by atoms with Crippen LogP contribution in [0.15, 0.2) is 24.4 Å². The quantitative estimate of drug-likeness (QED) is 0.715. The SMILES string of the molecule is CC(C(=O)O)[n+]1ccccc1CC#N. The molecule has 4 nitrogen and oxygen atoms in total. The van der Waals surface area contributed by atoms with Crippen LogP contribution in [0.3, 0.4) is 0 Å². The molecule has 0 fully saturated rings. The standard InChI is InChI=1S/C10H10N2O2/c1-8(10(13)14)12-7-3-2-4-9(12)5-6-11/h2-4,7-8H,5H2,1H3/p+1. The van der Waals surface area contributed by atoms with Crippen LogP contribution in [0.2, 0.25) is 0 Å². The number of rotatable bonds is 3. The zero-order valence-corrected chi connectivity index (χ0v) is 7.84. The van der Waals surface area contributed by atoms with Gasteiger partial charge in [0.25, 0.3) is 6.04 Å². The molecule has 0 bridgehead atoms. The molecule has 1 N–H and O–H groups in total. The molecule has 0 saturated heterocycles. The summed E-state index contributed by atoms with van der Waals surface area (Å²) in [7, 11) is 0. The number of pyridine rings is 1. The van der Waals surface area contributed by atoms with Gasteiger partial charge in [-0.05, 0) is 0 Å². The summed E-state index contributed by atoms with van der Waals surface area (Å²) < 4.78 is 1.59. The number of carboxylic acid groups (broad SMARTS) is 1. The fourth-order valence-corrected chi connectivity index (χ4v) is 1.22. The lowest BCUT2D eigenvalue weighted by Crippen LogP contribution is -2.45. The highest BCUT2D eigenvalue weighted by molar-refractivity contribution is 5.69. The Morgan fingerprint density at radius 2 is 2.43 bits per heavy atom. The maximum Gasteiger partial charge on any atom is 0.373 e. The predicted molar refractivity (Wildman–Crippen MR) is 48.3 cm³/mol. The Bertz CT molecular complexity index is 382. The van der Waals surface area contributed by atoms with Crippen molar-refractivity contribution in [2.75, 3.05) is 0 Å². The van der Waals surface area contributed by atoms with Gasteiger partial charge in [-0.3, -0.25) is 0 Å². The van der Waals surface area contributed by atoms with Crippen molar-refractivity contribution in [2.24, 2.45) is 0 Å². The van der Waals surface area contributed by atoms with Crippen LogP contribution in [-0.4, -0.2) is 11.1 Å². The van der Waals surface area contributed by atoms with Gasteiger partial charge in [0.05, 0.1) is 6.07 Å². The fraction of sp³-hybridized carbons (Fsp3) is 0.300. The monoisotopic (exact) mass is 191 g/mol. The van der Waals surface area contributed by atoms with Crippen molar-refractivity contribution in [1.82, 2.24) is 0 Å². The normalized spacial score (nSPS) is 11.7. The summed E-state index contributed by atoms with van der Waals surface area (Å²) in [5.41, 5.74) is 0.713. The number of carboxylic acids is 1. The van der Waals surface area contributed by atoms with Crippen LogP contribution in [0.4, 0.5) is 0 Å². The molecule has 1 heterocycles. The first-order valence-corrected chi connectivity index (χ1v) is 4.25. The van der Waals surface area contributed by atoms with Crippen LogP contribution in [0.1, 0.15) is 18.7 Å². The summed E-state index contributed by atoms with van der Waals surface area (Å²) in [4.78, 5) is 10.8. The highest BCUT2D eigenvalue weighted by Gasteiger charge is 2.23. The molecular formula is C10H11N2O2+. The molecule has 1 aromatic rings. The topological polar surface area (TPSA) is 65.0 Å². The second kappa shape index (κ2) is 4.38. The second-order valence-corrected chi connectivity index (χ2v) is 2.95. The van der Waals surface area contributed by atoms with E-state index in [0.717, 1.165) is 0 Å². The molecule has 1 rings (SSSR count). The van der Waals surface area contributed by atoms with Crippen molar-refractivity contribution in [2.45, 2.75) is 19.4 Å². The fourth-order valence-electron chi connectivity index (χ4n) is 1.22. The summed E-state index contributed by atoms with van der Waals surface area (Å²) in [6.07, 6.45) is 1.89. The maximum absolute atomic E-state index is 10.8. The molecule has 0 amide bonds. The maximum atomic E-state index is 10.8. The van der Waals surface area contributed by atoms with E-state index in [1.807, 2.05) is 6.07 Å². The number of nitrogens with zero attached hydrogens (tertiary/aromatic N) is 2. The summed E-state index contributed by atoms with van der Waals surface area (Å²) in [5, 5.41) is 17.4. The van der Waals surface area contributed by atoms with Crippen molar-refractivity contribution in [3.05, 3.63) is 30.1 Å². The molecule has 0 aliphatic heterocycles. The van der Waals surface area contributed by atoms with Crippen LogP contribution in [0.25, 0.3) is 0 Å². The van der Waals surface area contributed by atoms with Gasteiger partial charge < -0.3 is 5.11 Å². The number of hydrogen-bond acceptors (Lipinski definition) is 2. The van der Waals surface area contributed by atoms with Gasteiger partial charge >= 0.3 is 5.97 Å². The Labute approximate surface area is 82.0 Å². The Morgan fingerprint density at radius 3 is 3.00 bits per heavy atom. The van der Waals surface area contributed by atoms with E-state index in [2.05, 4.69) is 0 Å². The van der Waals surface area contributed by atoms with Crippen molar-refractivity contribution in [3.63, 3.8) is 0 Å². The number of carbonyl (C=O) groups is 1. The molecule has 72 valence electrons. The van der Waals surface area contributed by atoms with Crippen LogP contribution < -0.4 is 4.57 Å². The summed E-state index contributed by atoms with van der Waals surface area (Å²) >= 11 is 0. The molecule has 0 radical (unpaired) electrons. The highest BCUT2D eigenvalue weighted by Crippen LogP contribution is 1.99. The lowest BCUT2D eigenvalue weighted by molar-refractivity contribution is -0.714. The summed E-state index contributed by atoms with van der Waals surface area (Å²) in [5.74, 6) is -0.902. The number of aliphatic carboxylic acids is 1. The van der Waals surface area contributed by atoms with Crippen LogP contribution in [0, 0.1) is 11.3 Å². The van der Waals surface area contributed by atoms with E-state index in [4.69, 9.17) is 10.4 Å². The third-order valence-corrected chi connectivity index (χ3v) is 2.01. The first-order chi connectivity index (χ1) is 6.66. The summed E-state index contributed by atoms with van der Waals surface area (Å²) in [6, 6.07) is 6.66. The first-order valence-electron chi connectivity index (χ1n) is 4.25. The van der Waals surface area contributed by atoms with Crippen molar-refractivity contribution in [3.8, 4) is 6.07 Å². The average Bonchev–Trinajstić information content (AvgIpc) is 2.18. The summed E-state index contributed by atoms with van der Waals surface area (Å²) in [6.45, 7) is 1.59. The minimum Gasteiger partial charge on any atom is -0.476 e. The Morgan fingerprint density at radius 1 is 1.71 bits per heavy atom. The molecule has 1 unspecified atom stereocenters. The minimum absolute atomic E-state index is 0.221. The van der Waals surface area contributed by atoms with Gasteiger partial charge in [0.15, 0.2) is 11.9 Å². The number of aromatic nitrogens is 1. The van der Waals surface area contributed by atoms with E-state index >= 15 is 0 Å². The smallest absolute Gasteiger partial charge is 0.373 e.